The number of hydrogen-bond donors (Lipinski definition) is 3. The predicted molar refractivity (Wildman–Crippen MR) is 53.9 cm³/mol. The van der Waals surface area contributed by atoms with Crippen LogP contribution in [0.5, 0.6) is 0 Å². The molecule has 0 amide bonds. The van der Waals surface area contributed by atoms with Crippen molar-refractivity contribution < 1.29 is 5.11 Å². The van der Waals surface area contributed by atoms with Crippen molar-refractivity contribution in [3.05, 3.63) is 12.4 Å². The van der Waals surface area contributed by atoms with Gasteiger partial charge in [0.1, 0.15) is 0 Å². The number of imidazole rings is 1. The molecule has 0 saturated heterocycles. The molecule has 0 aromatic carbocycles. The average Bonchev–Trinajstić information content (AvgIpc) is 2.65. The Kier molecular flexibility index (Phi) is 4.88. The van der Waals surface area contributed by atoms with Crippen LogP contribution in [0.3, 0.4) is 0 Å². The maximum atomic E-state index is 8.89. The summed E-state index contributed by atoms with van der Waals surface area (Å²) in [5, 5.41) is 12.9. The van der Waals surface area contributed by atoms with E-state index in [9.17, 15) is 0 Å². The van der Waals surface area contributed by atoms with Crippen molar-refractivity contribution in [1.82, 2.24) is 15.3 Å². The van der Waals surface area contributed by atoms with Crippen LogP contribution in [0.1, 0.15) is 6.42 Å². The molecule has 1 aromatic heterocycles. The van der Waals surface area contributed by atoms with Gasteiger partial charge in [-0.3, -0.25) is 0 Å². The molecule has 13 heavy (non-hydrogen) atoms. The minimum atomic E-state index is 0.190. The summed E-state index contributed by atoms with van der Waals surface area (Å²) in [5.74, 6) is 0.958. The number of aliphatic hydroxyl groups is 1. The molecule has 1 atom stereocenters. The van der Waals surface area contributed by atoms with Crippen LogP contribution in [0.4, 0.5) is 0 Å². The molecular weight excluding hydrogens is 186 g/mol. The second-order valence-electron chi connectivity index (χ2n) is 2.70. The Hall–Kier alpha value is -0.520. The number of hydrogen-bond acceptors (Lipinski definition) is 4. The van der Waals surface area contributed by atoms with Gasteiger partial charge in [-0.25, -0.2) is 4.98 Å². The summed E-state index contributed by atoms with van der Waals surface area (Å²) in [6.45, 7) is 0.190. The molecule has 1 heterocycles. The molecule has 0 saturated carbocycles. The van der Waals surface area contributed by atoms with Gasteiger partial charge in [-0.1, -0.05) is 11.8 Å². The molecule has 0 aliphatic rings. The van der Waals surface area contributed by atoms with Gasteiger partial charge in [0.05, 0.1) is 6.61 Å². The first-order valence-electron chi connectivity index (χ1n) is 4.27. The van der Waals surface area contributed by atoms with E-state index in [2.05, 4.69) is 15.3 Å². The van der Waals surface area contributed by atoms with Crippen LogP contribution in [0.2, 0.25) is 0 Å². The number of likely N-dealkylation sites (N-methyl/N-ethyl adjacent to an activating group) is 1. The summed E-state index contributed by atoms with van der Waals surface area (Å²) >= 11 is 1.67. The quantitative estimate of drug-likeness (QED) is 0.586. The van der Waals surface area contributed by atoms with Crippen molar-refractivity contribution in [3.8, 4) is 0 Å². The number of nitrogens with zero attached hydrogens (tertiary/aromatic N) is 1. The molecule has 3 N–H and O–H groups in total. The van der Waals surface area contributed by atoms with E-state index in [0.29, 0.717) is 0 Å². The topological polar surface area (TPSA) is 60.9 Å². The molecular formula is C8H15N3OS. The molecule has 0 bridgehead atoms. The number of nitrogens with one attached hydrogen (secondary N) is 2. The molecule has 5 heteroatoms. The summed E-state index contributed by atoms with van der Waals surface area (Å²) in [6.07, 6.45) is 4.49. The van der Waals surface area contributed by atoms with Crippen LogP contribution >= 0.6 is 11.8 Å². The van der Waals surface area contributed by atoms with E-state index >= 15 is 0 Å². The molecule has 1 unspecified atom stereocenters. The molecule has 0 spiro atoms. The highest BCUT2D eigenvalue weighted by molar-refractivity contribution is 7.99. The van der Waals surface area contributed by atoms with Crippen LogP contribution in [-0.4, -0.2) is 40.5 Å². The van der Waals surface area contributed by atoms with Crippen LogP contribution in [0.15, 0.2) is 17.6 Å². The van der Waals surface area contributed by atoms with Gasteiger partial charge in [0.15, 0.2) is 5.16 Å². The Morgan fingerprint density at radius 1 is 1.77 bits per heavy atom. The van der Waals surface area contributed by atoms with Gasteiger partial charge < -0.3 is 15.4 Å². The van der Waals surface area contributed by atoms with E-state index in [-0.39, 0.29) is 12.6 Å². The van der Waals surface area contributed by atoms with Crippen molar-refractivity contribution in [2.75, 3.05) is 19.4 Å². The second-order valence-corrected chi connectivity index (χ2v) is 3.78. The van der Waals surface area contributed by atoms with E-state index in [1.807, 2.05) is 13.2 Å². The fourth-order valence-corrected chi connectivity index (χ4v) is 1.84. The largest absolute Gasteiger partial charge is 0.395 e. The molecule has 0 radical (unpaired) electrons. The lowest BCUT2D eigenvalue weighted by Crippen LogP contribution is -2.29. The fourth-order valence-electron chi connectivity index (χ4n) is 0.954. The van der Waals surface area contributed by atoms with Crippen LogP contribution in [0, 0.1) is 0 Å². The van der Waals surface area contributed by atoms with Crippen molar-refractivity contribution >= 4 is 11.8 Å². The van der Waals surface area contributed by atoms with Gasteiger partial charge in [0.2, 0.25) is 0 Å². The van der Waals surface area contributed by atoms with Gasteiger partial charge in [0.25, 0.3) is 0 Å². The van der Waals surface area contributed by atoms with E-state index < -0.39 is 0 Å². The Bertz CT molecular complexity index is 211. The normalized spacial score (nSPS) is 13.1. The second kappa shape index (κ2) is 6.01. The highest BCUT2D eigenvalue weighted by Crippen LogP contribution is 2.13. The Morgan fingerprint density at radius 3 is 3.15 bits per heavy atom. The number of thioether (sulfide) groups is 1. The first kappa shape index (κ1) is 10.6. The molecule has 1 rings (SSSR count). The lowest BCUT2D eigenvalue weighted by Gasteiger charge is -2.11. The third-order valence-electron chi connectivity index (χ3n) is 1.81. The summed E-state index contributed by atoms with van der Waals surface area (Å²) in [4.78, 5) is 7.11. The Morgan fingerprint density at radius 2 is 2.62 bits per heavy atom. The van der Waals surface area contributed by atoms with Gasteiger partial charge >= 0.3 is 0 Å². The van der Waals surface area contributed by atoms with E-state index in [0.717, 1.165) is 17.3 Å². The van der Waals surface area contributed by atoms with Gasteiger partial charge in [-0.2, -0.15) is 0 Å². The van der Waals surface area contributed by atoms with E-state index in [4.69, 9.17) is 5.11 Å². The van der Waals surface area contributed by atoms with Gasteiger partial charge in [-0.05, 0) is 13.5 Å². The van der Waals surface area contributed by atoms with E-state index in [1.54, 1.807) is 18.0 Å². The molecule has 4 nitrogen and oxygen atoms in total. The fraction of sp³-hybridized carbons (Fsp3) is 0.625. The summed E-state index contributed by atoms with van der Waals surface area (Å²) in [6, 6.07) is 0.197. The maximum Gasteiger partial charge on any atom is 0.165 e. The molecule has 74 valence electrons. The Balaban J connectivity index is 2.13. The summed E-state index contributed by atoms with van der Waals surface area (Å²) in [7, 11) is 1.86. The lowest BCUT2D eigenvalue weighted by molar-refractivity contribution is 0.246. The third kappa shape index (κ3) is 3.80. The smallest absolute Gasteiger partial charge is 0.165 e. The highest BCUT2D eigenvalue weighted by Gasteiger charge is 2.04. The zero-order valence-electron chi connectivity index (χ0n) is 7.66. The number of aliphatic hydroxyl groups excluding tert-OH is 1. The number of H-pyrrole nitrogens is 1. The number of rotatable bonds is 6. The summed E-state index contributed by atoms with van der Waals surface area (Å²) < 4.78 is 0. The first-order valence-corrected chi connectivity index (χ1v) is 5.25. The Labute approximate surface area is 82.2 Å². The van der Waals surface area contributed by atoms with Crippen molar-refractivity contribution in [3.63, 3.8) is 0 Å². The SMILES string of the molecule is CNC(CO)CCSc1ncc[nH]1. The van der Waals surface area contributed by atoms with Crippen LogP contribution < -0.4 is 5.32 Å². The number of aromatic amines is 1. The minimum absolute atomic E-state index is 0.190. The zero-order chi connectivity index (χ0) is 9.52. The molecule has 1 aromatic rings. The standard InChI is InChI=1S/C8H15N3OS/c1-9-7(6-12)2-5-13-8-10-3-4-11-8/h3-4,7,9,12H,2,5-6H2,1H3,(H,10,11). The van der Waals surface area contributed by atoms with Crippen molar-refractivity contribution in [2.45, 2.75) is 17.6 Å². The minimum Gasteiger partial charge on any atom is -0.395 e. The van der Waals surface area contributed by atoms with Crippen LogP contribution in [0.25, 0.3) is 0 Å². The molecule has 0 fully saturated rings. The molecule has 0 aliphatic carbocycles. The maximum absolute atomic E-state index is 8.89. The van der Waals surface area contributed by atoms with E-state index in [1.165, 1.54) is 0 Å². The number of aromatic nitrogens is 2. The highest BCUT2D eigenvalue weighted by atomic mass is 32.2. The van der Waals surface area contributed by atoms with Gasteiger partial charge in [-0.15, -0.1) is 0 Å². The predicted octanol–water partition coefficient (Wildman–Crippen LogP) is 0.472. The van der Waals surface area contributed by atoms with Gasteiger partial charge in [0, 0.05) is 24.2 Å². The third-order valence-corrected chi connectivity index (χ3v) is 2.74. The van der Waals surface area contributed by atoms with Crippen molar-refractivity contribution in [2.24, 2.45) is 0 Å². The average molecular weight is 201 g/mol. The summed E-state index contributed by atoms with van der Waals surface area (Å²) in [5.41, 5.74) is 0. The van der Waals surface area contributed by atoms with Crippen LogP contribution in [-0.2, 0) is 0 Å². The first-order chi connectivity index (χ1) is 6.36. The lowest BCUT2D eigenvalue weighted by atomic mass is 10.2. The van der Waals surface area contributed by atoms with Crippen molar-refractivity contribution in [1.29, 1.82) is 0 Å². The zero-order valence-corrected chi connectivity index (χ0v) is 8.47. The monoisotopic (exact) mass is 201 g/mol. The molecule has 0 aliphatic heterocycles.